The molecule has 0 aromatic heterocycles. The first-order valence-electron chi connectivity index (χ1n) is 29.8. The highest BCUT2D eigenvalue weighted by atomic mass is 16.6. The minimum Gasteiger partial charge on any atom is -0.462 e. The molecule has 0 aliphatic rings. The van der Waals surface area contributed by atoms with Crippen LogP contribution in [0.3, 0.4) is 0 Å². The highest BCUT2D eigenvalue weighted by Crippen LogP contribution is 2.16. The van der Waals surface area contributed by atoms with Gasteiger partial charge in [0.1, 0.15) is 6.61 Å². The number of allylic oxidation sites excluding steroid dienone is 10. The number of hydrogen-bond acceptors (Lipinski definition) is 5. The normalized spacial score (nSPS) is 12.6. The first-order chi connectivity index (χ1) is 33.6. The van der Waals surface area contributed by atoms with Gasteiger partial charge in [-0.25, -0.2) is 0 Å². The molecule has 0 heterocycles. The quantitative estimate of drug-likeness (QED) is 0.0345. The zero-order valence-corrected chi connectivity index (χ0v) is 45.6. The number of ether oxygens (including phenoxy) is 3. The highest BCUT2D eigenvalue weighted by molar-refractivity contribution is 5.70. The van der Waals surface area contributed by atoms with Crippen LogP contribution in [0.15, 0.2) is 60.8 Å². The van der Waals surface area contributed by atoms with E-state index in [1.807, 2.05) is 0 Å². The van der Waals surface area contributed by atoms with Gasteiger partial charge in [0.05, 0.1) is 6.61 Å². The van der Waals surface area contributed by atoms with E-state index in [2.05, 4.69) is 81.5 Å². The molecule has 0 saturated carbocycles. The van der Waals surface area contributed by atoms with Crippen molar-refractivity contribution in [2.75, 3.05) is 19.8 Å². The molecular weight excluding hydrogens is 837 g/mol. The van der Waals surface area contributed by atoms with Gasteiger partial charge in [-0.3, -0.25) is 9.59 Å². The second-order valence-corrected chi connectivity index (χ2v) is 19.9. The number of esters is 2. The summed E-state index contributed by atoms with van der Waals surface area (Å²) in [6.45, 7) is 7.81. The molecule has 0 aliphatic carbocycles. The Hall–Kier alpha value is -2.40. The van der Waals surface area contributed by atoms with Gasteiger partial charge in [0, 0.05) is 19.4 Å². The van der Waals surface area contributed by atoms with Crippen molar-refractivity contribution in [3.05, 3.63) is 60.8 Å². The third-order valence-electron chi connectivity index (χ3n) is 13.0. The topological polar surface area (TPSA) is 61.8 Å². The fourth-order valence-electron chi connectivity index (χ4n) is 8.55. The van der Waals surface area contributed by atoms with Crippen molar-refractivity contribution >= 4 is 11.9 Å². The highest BCUT2D eigenvalue weighted by Gasteiger charge is 2.17. The van der Waals surface area contributed by atoms with Crippen LogP contribution in [-0.2, 0) is 23.8 Å². The number of carbonyl (C=O) groups excluding carboxylic acids is 2. The standard InChI is InChI=1S/C63H114O5/c1-4-7-10-13-16-19-22-25-28-31-32-34-35-38-41-44-47-50-53-56-62(64)67-60-61(59-66-58-55-52-49-46-43-40-37-30-27-24-21-18-15-12-9-6-3)68-63(65)57-54-51-48-45-42-39-36-33-29-26-23-20-17-14-11-8-5-2/h16,19,25-26,28-29,32,34,38,41,61H,4-15,17-18,20-24,27,30-31,33,35-37,39-40,42-60H2,1-3H3/b19-16-,28-25-,29-26-,34-32-,41-38-/t61-/m1/s1. The average molecular weight is 952 g/mol. The zero-order valence-electron chi connectivity index (χ0n) is 45.6. The Morgan fingerprint density at radius 2 is 0.618 bits per heavy atom. The van der Waals surface area contributed by atoms with Crippen LogP contribution < -0.4 is 0 Å². The number of rotatable bonds is 55. The smallest absolute Gasteiger partial charge is 0.306 e. The van der Waals surface area contributed by atoms with E-state index in [1.54, 1.807) is 0 Å². The molecule has 0 aromatic carbocycles. The van der Waals surface area contributed by atoms with E-state index in [9.17, 15) is 9.59 Å². The van der Waals surface area contributed by atoms with Crippen LogP contribution >= 0.6 is 0 Å². The monoisotopic (exact) mass is 951 g/mol. The van der Waals surface area contributed by atoms with Gasteiger partial charge in [-0.2, -0.15) is 0 Å². The molecule has 0 amide bonds. The van der Waals surface area contributed by atoms with Crippen LogP contribution in [-0.4, -0.2) is 37.9 Å². The lowest BCUT2D eigenvalue weighted by molar-refractivity contribution is -0.163. The van der Waals surface area contributed by atoms with Gasteiger partial charge in [0.25, 0.3) is 0 Å². The van der Waals surface area contributed by atoms with E-state index < -0.39 is 6.10 Å². The molecule has 0 unspecified atom stereocenters. The summed E-state index contributed by atoms with van der Waals surface area (Å²) in [4.78, 5) is 25.5. The summed E-state index contributed by atoms with van der Waals surface area (Å²) < 4.78 is 17.5. The Morgan fingerprint density at radius 3 is 1.04 bits per heavy atom. The molecule has 68 heavy (non-hydrogen) atoms. The number of hydrogen-bond donors (Lipinski definition) is 0. The van der Waals surface area contributed by atoms with Gasteiger partial charge in [-0.05, 0) is 89.9 Å². The molecule has 0 N–H and O–H groups in total. The van der Waals surface area contributed by atoms with Crippen molar-refractivity contribution in [1.29, 1.82) is 0 Å². The molecule has 1 atom stereocenters. The summed E-state index contributed by atoms with van der Waals surface area (Å²) in [5.74, 6) is -0.424. The molecule has 5 heteroatoms. The van der Waals surface area contributed by atoms with Gasteiger partial charge in [0.15, 0.2) is 6.10 Å². The van der Waals surface area contributed by atoms with Crippen LogP contribution in [0, 0.1) is 0 Å². The first-order valence-corrected chi connectivity index (χ1v) is 29.8. The van der Waals surface area contributed by atoms with Gasteiger partial charge in [-0.15, -0.1) is 0 Å². The third-order valence-corrected chi connectivity index (χ3v) is 13.0. The number of carbonyl (C=O) groups is 2. The Bertz CT molecular complexity index is 1170. The van der Waals surface area contributed by atoms with Crippen molar-refractivity contribution in [2.24, 2.45) is 0 Å². The number of unbranched alkanes of at least 4 members (excludes halogenated alkanes) is 34. The second-order valence-electron chi connectivity index (χ2n) is 19.9. The van der Waals surface area contributed by atoms with Gasteiger partial charge in [-0.1, -0.05) is 261 Å². The zero-order chi connectivity index (χ0) is 49.2. The van der Waals surface area contributed by atoms with Crippen LogP contribution in [0.5, 0.6) is 0 Å². The minimum absolute atomic E-state index is 0.0694. The molecule has 0 aromatic rings. The third kappa shape index (κ3) is 56.2. The summed E-state index contributed by atoms with van der Waals surface area (Å²) >= 11 is 0. The molecule has 0 rings (SSSR count). The Labute approximate surface area is 424 Å². The SMILES string of the molecule is CCCCC/C=C\C/C=C\C/C=C\C/C=C\CCCCCC(=O)OC[C@@H](COCCCCCCCCCCCCCCCCCC)OC(=O)CCCCCCCCC/C=C\CCCCCCCC. The lowest BCUT2D eigenvalue weighted by atomic mass is 10.0. The van der Waals surface area contributed by atoms with Crippen molar-refractivity contribution < 1.29 is 23.8 Å². The lowest BCUT2D eigenvalue weighted by Crippen LogP contribution is -2.30. The predicted molar refractivity (Wildman–Crippen MR) is 298 cm³/mol. The van der Waals surface area contributed by atoms with E-state index >= 15 is 0 Å². The summed E-state index contributed by atoms with van der Waals surface area (Å²) in [6, 6.07) is 0. The lowest BCUT2D eigenvalue weighted by Gasteiger charge is -2.18. The molecule has 0 spiro atoms. The van der Waals surface area contributed by atoms with Crippen LogP contribution in [0.2, 0.25) is 0 Å². The maximum atomic E-state index is 12.9. The average Bonchev–Trinajstić information content (AvgIpc) is 3.34. The van der Waals surface area contributed by atoms with Crippen molar-refractivity contribution in [3.63, 3.8) is 0 Å². The molecular formula is C63H114O5. The maximum Gasteiger partial charge on any atom is 0.306 e. The van der Waals surface area contributed by atoms with Crippen molar-refractivity contribution in [2.45, 2.75) is 309 Å². The van der Waals surface area contributed by atoms with Gasteiger partial charge >= 0.3 is 11.9 Å². The molecule has 396 valence electrons. The summed E-state index contributed by atoms with van der Waals surface area (Å²) in [5, 5.41) is 0. The van der Waals surface area contributed by atoms with Crippen LogP contribution in [0.25, 0.3) is 0 Å². The summed E-state index contributed by atoms with van der Waals surface area (Å²) in [5.41, 5.74) is 0. The minimum atomic E-state index is -0.551. The largest absolute Gasteiger partial charge is 0.462 e. The fraction of sp³-hybridized carbons (Fsp3) is 0.810. The second kappa shape index (κ2) is 58.9. The Kier molecular flexibility index (Phi) is 56.8. The maximum absolute atomic E-state index is 12.9. The molecule has 5 nitrogen and oxygen atoms in total. The molecule has 0 aliphatic heterocycles. The van der Waals surface area contributed by atoms with Gasteiger partial charge in [0.2, 0.25) is 0 Å². The van der Waals surface area contributed by atoms with Gasteiger partial charge < -0.3 is 14.2 Å². The van der Waals surface area contributed by atoms with E-state index in [4.69, 9.17) is 14.2 Å². The molecule has 0 fully saturated rings. The van der Waals surface area contributed by atoms with E-state index in [-0.39, 0.29) is 25.2 Å². The van der Waals surface area contributed by atoms with Crippen LogP contribution in [0.4, 0.5) is 0 Å². The van der Waals surface area contributed by atoms with E-state index in [1.165, 1.54) is 193 Å². The van der Waals surface area contributed by atoms with Crippen molar-refractivity contribution in [1.82, 2.24) is 0 Å². The summed E-state index contributed by atoms with van der Waals surface area (Å²) in [7, 11) is 0. The molecule has 0 radical (unpaired) electrons. The summed E-state index contributed by atoms with van der Waals surface area (Å²) in [6.07, 6.45) is 75.3. The first kappa shape index (κ1) is 65.6. The fourth-order valence-corrected chi connectivity index (χ4v) is 8.55. The Morgan fingerprint density at radius 1 is 0.324 bits per heavy atom. The van der Waals surface area contributed by atoms with Crippen molar-refractivity contribution in [3.8, 4) is 0 Å². The van der Waals surface area contributed by atoms with E-state index in [0.29, 0.717) is 19.4 Å². The van der Waals surface area contributed by atoms with E-state index in [0.717, 1.165) is 77.0 Å². The van der Waals surface area contributed by atoms with Crippen LogP contribution in [0.1, 0.15) is 303 Å². The Balaban J connectivity index is 4.32. The predicted octanol–water partition coefficient (Wildman–Crippen LogP) is 20.5. The molecule has 0 saturated heterocycles. The molecule has 0 bridgehead atoms.